The fourth-order valence-electron chi connectivity index (χ4n) is 2.59. The summed E-state index contributed by atoms with van der Waals surface area (Å²) in [6.07, 6.45) is -0.325. The van der Waals surface area contributed by atoms with Crippen LogP contribution in [0.4, 0.5) is 0 Å². The zero-order valence-electron chi connectivity index (χ0n) is 12.3. The molecule has 112 valence electrons. The predicted molar refractivity (Wildman–Crippen MR) is 77.8 cm³/mol. The number of hydrogen-bond acceptors (Lipinski definition) is 6. The van der Waals surface area contributed by atoms with Crippen LogP contribution in [0.25, 0.3) is 0 Å². The van der Waals surface area contributed by atoms with Crippen LogP contribution in [0.1, 0.15) is 29.4 Å². The highest BCUT2D eigenvalue weighted by atomic mass is 16.5. The Bertz CT molecular complexity index is 572. The second kappa shape index (κ2) is 6.34. The van der Waals surface area contributed by atoms with E-state index in [1.165, 1.54) is 0 Å². The minimum atomic E-state index is -0.325. The molecule has 21 heavy (non-hydrogen) atoms. The number of benzene rings is 1. The highest BCUT2D eigenvalue weighted by Gasteiger charge is 2.27. The maximum atomic E-state index is 5.52. The van der Waals surface area contributed by atoms with Gasteiger partial charge >= 0.3 is 0 Å². The molecule has 1 saturated heterocycles. The highest BCUT2D eigenvalue weighted by Crippen LogP contribution is 2.26. The molecule has 0 bridgehead atoms. The van der Waals surface area contributed by atoms with Gasteiger partial charge in [0, 0.05) is 26.7 Å². The van der Waals surface area contributed by atoms with E-state index < -0.39 is 0 Å². The molecule has 1 aliphatic rings. The van der Waals surface area contributed by atoms with Gasteiger partial charge in [0.2, 0.25) is 0 Å². The Morgan fingerprint density at radius 1 is 1.38 bits per heavy atom. The zero-order chi connectivity index (χ0) is 14.7. The van der Waals surface area contributed by atoms with Crippen LogP contribution in [0.5, 0.6) is 0 Å². The second-order valence-electron chi connectivity index (χ2n) is 5.22. The van der Waals surface area contributed by atoms with Crippen molar-refractivity contribution >= 4 is 0 Å². The van der Waals surface area contributed by atoms with E-state index in [4.69, 9.17) is 9.26 Å². The molecule has 0 aliphatic carbocycles. The van der Waals surface area contributed by atoms with E-state index in [0.29, 0.717) is 11.7 Å². The third kappa shape index (κ3) is 2.97. The number of nitrogens with one attached hydrogen (secondary N) is 1. The van der Waals surface area contributed by atoms with Gasteiger partial charge in [0.1, 0.15) is 0 Å². The van der Waals surface area contributed by atoms with Gasteiger partial charge in [0.25, 0.3) is 5.89 Å². The third-order valence-corrected chi connectivity index (χ3v) is 3.83. The van der Waals surface area contributed by atoms with Crippen LogP contribution >= 0.6 is 0 Å². The van der Waals surface area contributed by atoms with Crippen LogP contribution in [-0.2, 0) is 4.74 Å². The lowest BCUT2D eigenvalue weighted by Gasteiger charge is -2.30. The summed E-state index contributed by atoms with van der Waals surface area (Å²) in [5, 5.41) is 7.49. The first-order valence-electron chi connectivity index (χ1n) is 7.12. The molecule has 0 radical (unpaired) electrons. The summed E-state index contributed by atoms with van der Waals surface area (Å²) >= 11 is 0. The van der Waals surface area contributed by atoms with Gasteiger partial charge in [-0.25, -0.2) is 0 Å². The molecule has 1 N–H and O–H groups in total. The summed E-state index contributed by atoms with van der Waals surface area (Å²) in [4.78, 5) is 6.78. The topological polar surface area (TPSA) is 63.4 Å². The Hall–Kier alpha value is -1.76. The molecule has 0 spiro atoms. The van der Waals surface area contributed by atoms with Gasteiger partial charge in [-0.1, -0.05) is 35.5 Å². The van der Waals surface area contributed by atoms with E-state index in [-0.39, 0.29) is 12.1 Å². The number of rotatable bonds is 4. The van der Waals surface area contributed by atoms with E-state index in [9.17, 15) is 0 Å². The van der Waals surface area contributed by atoms with Gasteiger partial charge < -0.3 is 14.6 Å². The largest absolute Gasteiger partial charge is 0.367 e. The molecular formula is C15H20N4O2. The van der Waals surface area contributed by atoms with Crippen molar-refractivity contribution < 1.29 is 9.26 Å². The Morgan fingerprint density at radius 3 is 2.90 bits per heavy atom. The molecule has 2 unspecified atom stereocenters. The minimum absolute atomic E-state index is 0.143. The average molecular weight is 288 g/mol. The third-order valence-electron chi connectivity index (χ3n) is 3.83. The molecule has 1 aromatic carbocycles. The van der Waals surface area contributed by atoms with Crippen LogP contribution < -0.4 is 5.32 Å². The number of likely N-dealkylation sites (N-methyl/N-ethyl adjacent to an activating group) is 1. The lowest BCUT2D eigenvalue weighted by atomic mass is 10.1. The zero-order valence-corrected chi connectivity index (χ0v) is 12.3. The number of aromatic nitrogens is 2. The molecule has 2 aromatic rings. The van der Waals surface area contributed by atoms with Crippen molar-refractivity contribution in [3.05, 3.63) is 47.6 Å². The van der Waals surface area contributed by atoms with Crippen LogP contribution in [0.3, 0.4) is 0 Å². The van der Waals surface area contributed by atoms with Crippen molar-refractivity contribution in [2.75, 3.05) is 33.8 Å². The van der Waals surface area contributed by atoms with E-state index in [0.717, 1.165) is 25.2 Å². The molecule has 6 nitrogen and oxygen atoms in total. The van der Waals surface area contributed by atoms with Gasteiger partial charge in [0.15, 0.2) is 11.9 Å². The first kappa shape index (κ1) is 14.2. The van der Waals surface area contributed by atoms with Crippen molar-refractivity contribution in [1.29, 1.82) is 0 Å². The standard InChI is InChI=1S/C15H20N4O2/c1-19-9-8-16-10-12(19)14-17-15(21-18-14)13(20-2)11-6-4-3-5-7-11/h3-7,12-13,16H,8-10H2,1-2H3. The highest BCUT2D eigenvalue weighted by molar-refractivity contribution is 5.22. The molecule has 2 heterocycles. The number of nitrogens with zero attached hydrogens (tertiary/aromatic N) is 3. The molecule has 1 fully saturated rings. The summed E-state index contributed by atoms with van der Waals surface area (Å²) in [7, 11) is 3.72. The molecule has 3 rings (SSSR count). The Labute approximate surface area is 124 Å². The van der Waals surface area contributed by atoms with Gasteiger partial charge in [-0.3, -0.25) is 4.90 Å². The fraction of sp³-hybridized carbons (Fsp3) is 0.467. The summed E-state index contributed by atoms with van der Waals surface area (Å²) < 4.78 is 11.0. The Morgan fingerprint density at radius 2 is 2.19 bits per heavy atom. The molecular weight excluding hydrogens is 268 g/mol. The number of piperazine rings is 1. The van der Waals surface area contributed by atoms with Gasteiger partial charge in [-0.15, -0.1) is 0 Å². The van der Waals surface area contributed by atoms with E-state index in [1.54, 1.807) is 7.11 Å². The van der Waals surface area contributed by atoms with Crippen molar-refractivity contribution in [3.63, 3.8) is 0 Å². The summed E-state index contributed by atoms with van der Waals surface area (Å²) in [6.45, 7) is 2.79. The molecule has 2 atom stereocenters. The molecule has 1 aliphatic heterocycles. The maximum absolute atomic E-state index is 5.52. The van der Waals surface area contributed by atoms with Crippen LogP contribution in [0, 0.1) is 0 Å². The predicted octanol–water partition coefficient (Wildman–Crippen LogP) is 1.38. The summed E-state index contributed by atoms with van der Waals surface area (Å²) in [6, 6.07) is 10.0. The summed E-state index contributed by atoms with van der Waals surface area (Å²) in [5.41, 5.74) is 1.00. The molecule has 6 heteroatoms. The SMILES string of the molecule is COC(c1ccccc1)c1nc(C2CNCCN2C)no1. The first-order chi connectivity index (χ1) is 10.3. The molecule has 0 saturated carbocycles. The molecule has 0 amide bonds. The number of methoxy groups -OCH3 is 1. The average Bonchev–Trinajstić information content (AvgIpc) is 2.99. The Kier molecular flexibility index (Phi) is 4.28. The van der Waals surface area contributed by atoms with Gasteiger partial charge in [-0.05, 0) is 12.6 Å². The normalized spacial score (nSPS) is 21.3. The lowest BCUT2D eigenvalue weighted by Crippen LogP contribution is -2.44. The van der Waals surface area contributed by atoms with Crippen LogP contribution in [-0.4, -0.2) is 48.8 Å². The monoisotopic (exact) mass is 288 g/mol. The first-order valence-corrected chi connectivity index (χ1v) is 7.12. The van der Waals surface area contributed by atoms with Crippen molar-refractivity contribution in [3.8, 4) is 0 Å². The van der Waals surface area contributed by atoms with Gasteiger partial charge in [-0.2, -0.15) is 4.98 Å². The number of ether oxygens (including phenoxy) is 1. The second-order valence-corrected chi connectivity index (χ2v) is 5.22. The fourth-order valence-corrected chi connectivity index (χ4v) is 2.59. The molecule has 1 aromatic heterocycles. The van der Waals surface area contributed by atoms with Crippen LogP contribution in [0.2, 0.25) is 0 Å². The van der Waals surface area contributed by atoms with E-state index >= 15 is 0 Å². The van der Waals surface area contributed by atoms with Crippen LogP contribution in [0.15, 0.2) is 34.9 Å². The van der Waals surface area contributed by atoms with E-state index in [1.807, 2.05) is 30.3 Å². The van der Waals surface area contributed by atoms with Gasteiger partial charge in [0.05, 0.1) is 6.04 Å². The van der Waals surface area contributed by atoms with Crippen molar-refractivity contribution in [2.24, 2.45) is 0 Å². The van der Waals surface area contributed by atoms with E-state index in [2.05, 4.69) is 27.4 Å². The lowest BCUT2D eigenvalue weighted by molar-refractivity contribution is 0.105. The summed E-state index contributed by atoms with van der Waals surface area (Å²) in [5.74, 6) is 1.20. The Balaban J connectivity index is 1.83. The number of hydrogen-bond donors (Lipinski definition) is 1. The van der Waals surface area contributed by atoms with Crippen molar-refractivity contribution in [2.45, 2.75) is 12.1 Å². The minimum Gasteiger partial charge on any atom is -0.367 e. The van der Waals surface area contributed by atoms with Crippen molar-refractivity contribution in [1.82, 2.24) is 20.4 Å². The smallest absolute Gasteiger partial charge is 0.260 e. The quantitative estimate of drug-likeness (QED) is 0.917. The maximum Gasteiger partial charge on any atom is 0.260 e.